The van der Waals surface area contributed by atoms with Gasteiger partial charge >= 0.3 is 0 Å². The van der Waals surface area contributed by atoms with Crippen LogP contribution in [0.3, 0.4) is 0 Å². The lowest BCUT2D eigenvalue weighted by Crippen LogP contribution is -2.34. The van der Waals surface area contributed by atoms with Crippen LogP contribution < -0.4 is 5.32 Å². The molecular formula is C20H26N4O3. The average molecular weight is 370 g/mol. The second-order valence-corrected chi connectivity index (χ2v) is 6.61. The lowest BCUT2D eigenvalue weighted by atomic mass is 10.1. The van der Waals surface area contributed by atoms with Crippen LogP contribution >= 0.6 is 0 Å². The Hall–Kier alpha value is -2.67. The van der Waals surface area contributed by atoms with Gasteiger partial charge in [-0.3, -0.25) is 4.79 Å². The number of carbonyl (C=O) groups is 1. The number of fused-ring (bicyclic) bond motifs is 1. The molecule has 0 aliphatic carbocycles. The van der Waals surface area contributed by atoms with Gasteiger partial charge < -0.3 is 19.2 Å². The Morgan fingerprint density at radius 1 is 1.19 bits per heavy atom. The number of hydrogen-bond donors (Lipinski definition) is 1. The van der Waals surface area contributed by atoms with E-state index in [0.29, 0.717) is 34.6 Å². The minimum atomic E-state index is -0.153. The van der Waals surface area contributed by atoms with Crippen LogP contribution in [-0.4, -0.2) is 47.1 Å². The smallest absolute Gasteiger partial charge is 0.259 e. The van der Waals surface area contributed by atoms with Gasteiger partial charge in [-0.05, 0) is 46.0 Å². The molecule has 0 atom stereocenters. The number of hydrogen-bond acceptors (Lipinski definition) is 6. The quantitative estimate of drug-likeness (QED) is 0.685. The molecule has 1 amide bonds. The average Bonchev–Trinajstić information content (AvgIpc) is 3.19. The molecule has 0 aromatic carbocycles. The Morgan fingerprint density at radius 2 is 1.93 bits per heavy atom. The van der Waals surface area contributed by atoms with Gasteiger partial charge in [-0.2, -0.15) is 0 Å². The number of amides is 1. The van der Waals surface area contributed by atoms with E-state index in [1.54, 1.807) is 6.07 Å². The molecule has 0 spiro atoms. The Labute approximate surface area is 158 Å². The number of rotatable bonds is 7. The molecule has 1 N–H and O–H groups in total. The maximum atomic E-state index is 12.9. The number of nitrogens with zero attached hydrogens (tertiary/aromatic N) is 3. The Balaban J connectivity index is 1.94. The van der Waals surface area contributed by atoms with E-state index < -0.39 is 0 Å². The summed E-state index contributed by atoms with van der Waals surface area (Å²) in [5.74, 6) is 1.40. The summed E-state index contributed by atoms with van der Waals surface area (Å²) < 4.78 is 11.0. The largest absolute Gasteiger partial charge is 0.466 e. The number of aromatic nitrogens is 2. The van der Waals surface area contributed by atoms with Crippen LogP contribution in [0.2, 0.25) is 0 Å². The van der Waals surface area contributed by atoms with Crippen molar-refractivity contribution in [3.8, 4) is 11.3 Å². The van der Waals surface area contributed by atoms with Crippen molar-refractivity contribution >= 4 is 17.0 Å². The number of likely N-dealkylation sites (N-methyl/N-ethyl adjacent to an activating group) is 1. The maximum absolute atomic E-state index is 12.9. The summed E-state index contributed by atoms with van der Waals surface area (Å²) in [6, 6.07) is 3.70. The van der Waals surface area contributed by atoms with E-state index in [1.165, 1.54) is 0 Å². The molecule has 0 fully saturated rings. The van der Waals surface area contributed by atoms with Crippen molar-refractivity contribution in [2.45, 2.75) is 34.6 Å². The van der Waals surface area contributed by atoms with Gasteiger partial charge in [0.2, 0.25) is 0 Å². The molecule has 3 aromatic rings. The molecule has 27 heavy (non-hydrogen) atoms. The first kappa shape index (κ1) is 19.1. The van der Waals surface area contributed by atoms with E-state index in [2.05, 4.69) is 34.2 Å². The van der Waals surface area contributed by atoms with Crippen LogP contribution in [0.25, 0.3) is 22.4 Å². The summed E-state index contributed by atoms with van der Waals surface area (Å²) in [5.41, 5.74) is 3.02. The van der Waals surface area contributed by atoms with E-state index in [0.717, 1.165) is 36.7 Å². The van der Waals surface area contributed by atoms with E-state index in [1.807, 2.05) is 26.8 Å². The minimum absolute atomic E-state index is 0.153. The zero-order chi connectivity index (χ0) is 19.6. The highest BCUT2D eigenvalue weighted by atomic mass is 16.5. The van der Waals surface area contributed by atoms with Gasteiger partial charge in [-0.1, -0.05) is 19.0 Å². The molecule has 0 aliphatic rings. The van der Waals surface area contributed by atoms with Crippen LogP contribution in [0.1, 0.15) is 41.4 Å². The molecule has 7 heteroatoms. The lowest BCUT2D eigenvalue weighted by molar-refractivity contribution is 0.0950. The van der Waals surface area contributed by atoms with Crippen LogP contribution in [0.5, 0.6) is 0 Å². The van der Waals surface area contributed by atoms with Gasteiger partial charge in [0.15, 0.2) is 0 Å². The molecule has 144 valence electrons. The third-order valence-electron chi connectivity index (χ3n) is 4.79. The molecule has 0 bridgehead atoms. The fourth-order valence-electron chi connectivity index (χ4n) is 3.26. The Morgan fingerprint density at radius 3 is 2.56 bits per heavy atom. The zero-order valence-electron chi connectivity index (χ0n) is 16.5. The fourth-order valence-corrected chi connectivity index (χ4v) is 3.26. The molecule has 0 aliphatic heterocycles. The molecule has 3 heterocycles. The molecule has 0 saturated carbocycles. The van der Waals surface area contributed by atoms with Crippen molar-refractivity contribution in [1.82, 2.24) is 20.4 Å². The van der Waals surface area contributed by atoms with Crippen molar-refractivity contribution in [3.63, 3.8) is 0 Å². The molecule has 0 unspecified atom stereocenters. The molecule has 7 nitrogen and oxygen atoms in total. The van der Waals surface area contributed by atoms with E-state index in [9.17, 15) is 4.79 Å². The standard InChI is InChI=1S/C20H26N4O3/c1-6-24(7-2)9-8-21-19(25)16-11-17(15-10-12(3)26-14(15)5)22-20-18(16)13(4)23-27-20/h10-11H,6-9H2,1-5H3,(H,21,25). The van der Waals surface area contributed by atoms with Gasteiger partial charge in [0.1, 0.15) is 11.5 Å². The topological polar surface area (TPSA) is 84.4 Å². The van der Waals surface area contributed by atoms with Crippen LogP contribution in [0.15, 0.2) is 21.1 Å². The molecule has 3 aromatic heterocycles. The first-order valence-electron chi connectivity index (χ1n) is 9.29. The van der Waals surface area contributed by atoms with Gasteiger partial charge in [0, 0.05) is 18.7 Å². The van der Waals surface area contributed by atoms with Gasteiger partial charge in [0.05, 0.1) is 22.3 Å². The first-order chi connectivity index (χ1) is 12.9. The maximum Gasteiger partial charge on any atom is 0.259 e. The number of pyridine rings is 1. The summed E-state index contributed by atoms with van der Waals surface area (Å²) in [6.07, 6.45) is 0. The second kappa shape index (κ2) is 7.92. The van der Waals surface area contributed by atoms with Gasteiger partial charge in [0.25, 0.3) is 11.6 Å². The fraction of sp³-hybridized carbons (Fsp3) is 0.450. The van der Waals surface area contributed by atoms with Gasteiger partial charge in [-0.15, -0.1) is 0 Å². The van der Waals surface area contributed by atoms with Crippen molar-refractivity contribution in [1.29, 1.82) is 0 Å². The van der Waals surface area contributed by atoms with E-state index in [-0.39, 0.29) is 5.91 Å². The molecule has 0 saturated heterocycles. The van der Waals surface area contributed by atoms with Gasteiger partial charge in [-0.25, -0.2) is 4.98 Å². The van der Waals surface area contributed by atoms with Crippen LogP contribution in [-0.2, 0) is 0 Å². The third-order valence-corrected chi connectivity index (χ3v) is 4.79. The number of furan rings is 1. The van der Waals surface area contributed by atoms with E-state index >= 15 is 0 Å². The Kier molecular flexibility index (Phi) is 5.60. The number of carbonyl (C=O) groups excluding carboxylic acids is 1. The van der Waals surface area contributed by atoms with Crippen LogP contribution in [0.4, 0.5) is 0 Å². The number of aryl methyl sites for hydroxylation is 3. The SMILES string of the molecule is CCN(CC)CCNC(=O)c1cc(-c2cc(C)oc2C)nc2onc(C)c12. The molecule has 3 rings (SSSR count). The highest BCUT2D eigenvalue weighted by Crippen LogP contribution is 2.30. The molecule has 0 radical (unpaired) electrons. The summed E-state index contributed by atoms with van der Waals surface area (Å²) in [4.78, 5) is 19.7. The number of nitrogens with one attached hydrogen (secondary N) is 1. The van der Waals surface area contributed by atoms with E-state index in [4.69, 9.17) is 8.94 Å². The van der Waals surface area contributed by atoms with Crippen molar-refractivity contribution in [2.24, 2.45) is 0 Å². The normalized spacial score (nSPS) is 11.5. The van der Waals surface area contributed by atoms with Crippen molar-refractivity contribution in [2.75, 3.05) is 26.2 Å². The highest BCUT2D eigenvalue weighted by molar-refractivity contribution is 6.07. The highest BCUT2D eigenvalue weighted by Gasteiger charge is 2.20. The zero-order valence-corrected chi connectivity index (χ0v) is 16.5. The van der Waals surface area contributed by atoms with Crippen LogP contribution in [0, 0.1) is 20.8 Å². The first-order valence-corrected chi connectivity index (χ1v) is 9.29. The minimum Gasteiger partial charge on any atom is -0.466 e. The predicted molar refractivity (Wildman–Crippen MR) is 104 cm³/mol. The summed E-state index contributed by atoms with van der Waals surface area (Å²) in [5, 5.41) is 7.64. The third kappa shape index (κ3) is 3.88. The monoisotopic (exact) mass is 370 g/mol. The Bertz CT molecular complexity index is 954. The summed E-state index contributed by atoms with van der Waals surface area (Å²) in [6.45, 7) is 13.1. The second-order valence-electron chi connectivity index (χ2n) is 6.61. The van der Waals surface area contributed by atoms with Crippen molar-refractivity contribution < 1.29 is 13.7 Å². The molecular weight excluding hydrogens is 344 g/mol. The summed E-state index contributed by atoms with van der Waals surface area (Å²) >= 11 is 0. The van der Waals surface area contributed by atoms with Crippen molar-refractivity contribution in [3.05, 3.63) is 34.9 Å². The predicted octanol–water partition coefficient (Wildman–Crippen LogP) is 3.48. The lowest BCUT2D eigenvalue weighted by Gasteiger charge is -2.18. The summed E-state index contributed by atoms with van der Waals surface area (Å²) in [7, 11) is 0.